The number of hydrogen-bond donors (Lipinski definition) is 1. The van der Waals surface area contributed by atoms with Gasteiger partial charge in [0.15, 0.2) is 7.28 Å². The van der Waals surface area contributed by atoms with Gasteiger partial charge in [0, 0.05) is 28.3 Å². The van der Waals surface area contributed by atoms with Gasteiger partial charge in [-0.15, -0.1) is 0 Å². The minimum atomic E-state index is -0.566. The second-order valence-corrected chi connectivity index (χ2v) is 23.5. The van der Waals surface area contributed by atoms with Crippen molar-refractivity contribution in [1.29, 1.82) is 0 Å². The molecule has 69 heavy (non-hydrogen) atoms. The van der Waals surface area contributed by atoms with E-state index < -0.39 is 5.41 Å². The summed E-state index contributed by atoms with van der Waals surface area (Å²) in [6, 6.07) is 65.3. The molecule has 0 radical (unpaired) electrons. The molecule has 8 aromatic rings. The normalized spacial score (nSPS) is 18.2. The Labute approximate surface area is 412 Å². The number of aryl methyl sites for hydroxylation is 1. The van der Waals surface area contributed by atoms with Crippen molar-refractivity contribution in [3.63, 3.8) is 0 Å². The summed E-state index contributed by atoms with van der Waals surface area (Å²) in [5.74, 6) is 0. The van der Waals surface area contributed by atoms with Crippen LogP contribution in [0, 0.1) is 6.92 Å². The molecule has 2 nitrogen and oxygen atoms in total. The molecule has 0 amide bonds. The molecule has 0 unspecified atom stereocenters. The zero-order valence-corrected chi connectivity index (χ0v) is 42.1. The van der Waals surface area contributed by atoms with Gasteiger partial charge >= 0.3 is 0 Å². The van der Waals surface area contributed by atoms with E-state index in [4.69, 9.17) is 0 Å². The summed E-state index contributed by atoms with van der Waals surface area (Å²) in [7, 11) is 0.834. The molecule has 2 aliphatic carbocycles. The van der Waals surface area contributed by atoms with Crippen molar-refractivity contribution in [1.82, 2.24) is 0 Å². The van der Waals surface area contributed by atoms with Crippen LogP contribution in [0.25, 0.3) is 22.3 Å². The van der Waals surface area contributed by atoms with Crippen LogP contribution in [0.3, 0.4) is 0 Å². The van der Waals surface area contributed by atoms with Gasteiger partial charge in [-0.3, -0.25) is 0 Å². The first-order valence-corrected chi connectivity index (χ1v) is 25.6. The minimum absolute atomic E-state index is 0.0629. The van der Waals surface area contributed by atoms with Crippen molar-refractivity contribution < 1.29 is 0 Å². The SMILES string of the molecule is Cc1ccccc1-c1cc(-c2cccc3c2Nc2ccccc2C3(c2ccccc2)c2ccccc2)c2c(c1)N(c1ccc3c(c1)C(C)(C)CCC3(C)C)c1cc3c(cc1B2)C(C)(C)CCC3(C)C. The Morgan fingerprint density at radius 2 is 0.986 bits per heavy atom. The molecular formula is C66H65BN2. The number of nitrogens with one attached hydrogen (secondary N) is 1. The summed E-state index contributed by atoms with van der Waals surface area (Å²) in [5.41, 5.74) is 26.0. The molecule has 0 fully saturated rings. The van der Waals surface area contributed by atoms with E-state index in [0.717, 1.165) is 18.7 Å². The third kappa shape index (κ3) is 6.66. The van der Waals surface area contributed by atoms with Gasteiger partial charge in [0.2, 0.25) is 0 Å². The molecule has 12 rings (SSSR count). The first-order valence-electron chi connectivity index (χ1n) is 25.6. The summed E-state index contributed by atoms with van der Waals surface area (Å²) in [5, 5.41) is 4.14. The zero-order chi connectivity index (χ0) is 47.7. The molecule has 0 bridgehead atoms. The van der Waals surface area contributed by atoms with Crippen LogP contribution in [-0.4, -0.2) is 7.28 Å². The van der Waals surface area contributed by atoms with E-state index in [1.807, 2.05) is 0 Å². The van der Waals surface area contributed by atoms with E-state index in [-0.39, 0.29) is 21.7 Å². The maximum absolute atomic E-state index is 4.14. The maximum atomic E-state index is 4.14. The van der Waals surface area contributed by atoms with Crippen LogP contribution in [0.15, 0.2) is 170 Å². The highest BCUT2D eigenvalue weighted by Crippen LogP contribution is 2.57. The molecule has 0 spiro atoms. The van der Waals surface area contributed by atoms with E-state index in [1.54, 1.807) is 0 Å². The van der Waals surface area contributed by atoms with Crippen molar-refractivity contribution in [2.75, 3.05) is 10.2 Å². The molecule has 2 aliphatic heterocycles. The van der Waals surface area contributed by atoms with Crippen molar-refractivity contribution >= 4 is 46.6 Å². The Balaban J connectivity index is 1.19. The topological polar surface area (TPSA) is 15.3 Å². The third-order valence-corrected chi connectivity index (χ3v) is 17.4. The predicted octanol–water partition coefficient (Wildman–Crippen LogP) is 15.6. The van der Waals surface area contributed by atoms with E-state index >= 15 is 0 Å². The van der Waals surface area contributed by atoms with Crippen LogP contribution < -0.4 is 21.1 Å². The van der Waals surface area contributed by atoms with Gasteiger partial charge in [-0.1, -0.05) is 194 Å². The van der Waals surface area contributed by atoms with Gasteiger partial charge in [0.25, 0.3) is 0 Å². The summed E-state index contributed by atoms with van der Waals surface area (Å²) >= 11 is 0. The van der Waals surface area contributed by atoms with Gasteiger partial charge in [-0.05, 0) is 163 Å². The number of hydrogen-bond acceptors (Lipinski definition) is 2. The Bertz CT molecular complexity index is 3310. The average Bonchev–Trinajstić information content (AvgIpc) is 3.35. The molecule has 0 aromatic heterocycles. The fourth-order valence-electron chi connectivity index (χ4n) is 13.2. The highest BCUT2D eigenvalue weighted by atomic mass is 15.2. The second-order valence-electron chi connectivity index (χ2n) is 23.5. The molecule has 8 aromatic carbocycles. The summed E-state index contributed by atoms with van der Waals surface area (Å²) in [6.07, 6.45) is 4.72. The molecule has 1 N–H and O–H groups in total. The Hall–Kier alpha value is -6.58. The van der Waals surface area contributed by atoms with Crippen molar-refractivity contribution in [2.45, 2.75) is 115 Å². The van der Waals surface area contributed by atoms with Gasteiger partial charge in [-0.25, -0.2) is 0 Å². The lowest BCUT2D eigenvalue weighted by Crippen LogP contribution is -2.44. The van der Waals surface area contributed by atoms with E-state index in [0.29, 0.717) is 0 Å². The second kappa shape index (κ2) is 15.5. The number of nitrogens with zero attached hydrogens (tertiary/aromatic N) is 1. The number of para-hydroxylation sites is 2. The molecule has 0 saturated heterocycles. The van der Waals surface area contributed by atoms with Crippen LogP contribution in [0.5, 0.6) is 0 Å². The fraction of sp³-hybridized carbons (Fsp3) is 0.273. The highest BCUT2D eigenvalue weighted by Gasteiger charge is 2.46. The fourth-order valence-corrected chi connectivity index (χ4v) is 13.2. The standard InChI is InChI=1S/C66H65BN2/c1-42-21-16-17-26-47(42)43-37-49(48-27-20-29-52-61(48)68-57-30-19-18-28-51(57)66(52,44-22-12-10-13-23-44)45-24-14-11-15-25-45)60-59(38-43)69(46-31-32-50-53(39-46)63(4,5)34-33-62(50,2)3)58-41-55-54(40-56(58)67-60)64(6,7)35-36-65(55,8)9/h10-32,37-41,67-68H,33-36H2,1-9H3. The van der Waals surface area contributed by atoms with Crippen LogP contribution >= 0.6 is 0 Å². The van der Waals surface area contributed by atoms with Gasteiger partial charge in [0.05, 0.1) is 11.1 Å². The van der Waals surface area contributed by atoms with E-state index in [1.165, 1.54) is 126 Å². The quantitative estimate of drug-likeness (QED) is 0.173. The van der Waals surface area contributed by atoms with Gasteiger partial charge in [-0.2, -0.15) is 0 Å². The lowest BCUT2D eigenvalue weighted by Gasteiger charge is -2.45. The first kappa shape index (κ1) is 43.7. The predicted molar refractivity (Wildman–Crippen MR) is 295 cm³/mol. The van der Waals surface area contributed by atoms with Crippen molar-refractivity contribution in [2.24, 2.45) is 0 Å². The summed E-state index contributed by atoms with van der Waals surface area (Å²) in [4.78, 5) is 2.69. The van der Waals surface area contributed by atoms with Crippen LogP contribution in [0.4, 0.5) is 28.4 Å². The van der Waals surface area contributed by atoms with E-state index in [2.05, 4.69) is 242 Å². The third-order valence-electron chi connectivity index (χ3n) is 17.4. The molecule has 2 heterocycles. The van der Waals surface area contributed by atoms with Crippen LogP contribution in [0.2, 0.25) is 0 Å². The Kier molecular flexibility index (Phi) is 9.79. The molecule has 4 aliphatic rings. The lowest BCUT2D eigenvalue weighted by molar-refractivity contribution is 0.332. The Morgan fingerprint density at radius 3 is 1.65 bits per heavy atom. The molecule has 0 saturated carbocycles. The number of benzene rings is 8. The van der Waals surface area contributed by atoms with Gasteiger partial charge < -0.3 is 10.2 Å². The number of rotatable bonds is 5. The zero-order valence-electron chi connectivity index (χ0n) is 42.1. The maximum Gasteiger partial charge on any atom is 0.198 e. The summed E-state index contributed by atoms with van der Waals surface area (Å²) in [6.45, 7) is 22.0. The van der Waals surface area contributed by atoms with Crippen LogP contribution in [0.1, 0.15) is 131 Å². The average molecular weight is 897 g/mol. The molecule has 3 heteroatoms. The lowest BCUT2D eigenvalue weighted by atomic mass is 9.54. The number of fused-ring (bicyclic) bond motifs is 6. The summed E-state index contributed by atoms with van der Waals surface area (Å²) < 4.78 is 0. The van der Waals surface area contributed by atoms with Crippen molar-refractivity contribution in [3.8, 4) is 22.3 Å². The molecule has 0 atom stereocenters. The van der Waals surface area contributed by atoms with Crippen molar-refractivity contribution in [3.05, 3.63) is 220 Å². The first-order chi connectivity index (χ1) is 33.1. The monoisotopic (exact) mass is 897 g/mol. The number of anilines is 5. The smallest absolute Gasteiger partial charge is 0.198 e. The van der Waals surface area contributed by atoms with Crippen LogP contribution in [-0.2, 0) is 27.1 Å². The molecular weight excluding hydrogens is 832 g/mol. The minimum Gasteiger partial charge on any atom is -0.354 e. The largest absolute Gasteiger partial charge is 0.354 e. The molecule has 342 valence electrons. The van der Waals surface area contributed by atoms with E-state index in [9.17, 15) is 0 Å². The van der Waals surface area contributed by atoms with Gasteiger partial charge in [0.1, 0.15) is 0 Å². The highest BCUT2D eigenvalue weighted by molar-refractivity contribution is 6.73. The Morgan fingerprint density at radius 1 is 0.435 bits per heavy atom.